The summed E-state index contributed by atoms with van der Waals surface area (Å²) in [7, 11) is 0. The monoisotopic (exact) mass is 324 g/mol. The van der Waals surface area contributed by atoms with Crippen molar-refractivity contribution in [1.29, 1.82) is 0 Å². The van der Waals surface area contributed by atoms with Crippen LogP contribution in [0.15, 0.2) is 54.7 Å². The van der Waals surface area contributed by atoms with Crippen LogP contribution in [0.2, 0.25) is 0 Å². The maximum Gasteiger partial charge on any atom is 0.120 e. The molecule has 4 nitrogen and oxygen atoms in total. The molecule has 0 aliphatic carbocycles. The summed E-state index contributed by atoms with van der Waals surface area (Å²) in [6.45, 7) is 5.19. The highest BCUT2D eigenvalue weighted by atomic mass is 16.5. The normalized spacial score (nSPS) is 12.7. The number of aromatic nitrogens is 1. The highest BCUT2D eigenvalue weighted by Crippen LogP contribution is 2.21. The highest BCUT2D eigenvalue weighted by Gasteiger charge is 2.09. The summed E-state index contributed by atoms with van der Waals surface area (Å²) < 4.78 is 5.68. The first-order chi connectivity index (χ1) is 11.6. The first-order valence-corrected chi connectivity index (χ1v) is 8.34. The van der Waals surface area contributed by atoms with Crippen molar-refractivity contribution in [2.45, 2.75) is 32.6 Å². The number of H-pyrrole nitrogens is 1. The Kier molecular flexibility index (Phi) is 5.18. The van der Waals surface area contributed by atoms with E-state index in [2.05, 4.69) is 28.5 Å². The molecule has 1 atom stereocenters. The Morgan fingerprint density at radius 3 is 2.79 bits per heavy atom. The first-order valence-electron chi connectivity index (χ1n) is 8.34. The maximum absolute atomic E-state index is 10.4. The summed E-state index contributed by atoms with van der Waals surface area (Å²) in [6, 6.07) is 15.9. The summed E-state index contributed by atoms with van der Waals surface area (Å²) in [5, 5.41) is 15.0. The molecule has 2 aromatic carbocycles. The lowest BCUT2D eigenvalue weighted by Gasteiger charge is -2.15. The minimum absolute atomic E-state index is 0.123. The molecule has 24 heavy (non-hydrogen) atoms. The second kappa shape index (κ2) is 7.51. The Bertz CT molecular complexity index is 795. The van der Waals surface area contributed by atoms with Crippen molar-refractivity contribution in [2.24, 2.45) is 0 Å². The number of rotatable bonds is 7. The molecular weight excluding hydrogens is 300 g/mol. The Balaban J connectivity index is 1.59. The van der Waals surface area contributed by atoms with Gasteiger partial charge >= 0.3 is 0 Å². The van der Waals surface area contributed by atoms with Crippen molar-refractivity contribution in [3.63, 3.8) is 0 Å². The molecule has 1 heterocycles. The number of benzene rings is 2. The smallest absolute Gasteiger partial charge is 0.120 e. The van der Waals surface area contributed by atoms with E-state index in [0.29, 0.717) is 13.1 Å². The van der Waals surface area contributed by atoms with Crippen molar-refractivity contribution in [2.75, 3.05) is 6.54 Å². The number of nitrogens with one attached hydrogen (secondary N) is 2. The van der Waals surface area contributed by atoms with Gasteiger partial charge in [-0.25, -0.2) is 0 Å². The Hall–Kier alpha value is -2.30. The van der Waals surface area contributed by atoms with Crippen LogP contribution in [0.5, 0.6) is 5.75 Å². The number of fused-ring (bicyclic) bond motifs is 1. The zero-order valence-electron chi connectivity index (χ0n) is 14.1. The van der Waals surface area contributed by atoms with E-state index in [-0.39, 0.29) is 6.10 Å². The van der Waals surface area contributed by atoms with Crippen molar-refractivity contribution in [3.05, 3.63) is 65.9 Å². The SMILES string of the molecule is CC(C)Oc1cccc(C(O)CNCc2cccc3[nH]ccc23)c1. The second-order valence-corrected chi connectivity index (χ2v) is 6.24. The number of aliphatic hydroxyl groups is 1. The Labute approximate surface area is 142 Å². The van der Waals surface area contributed by atoms with E-state index < -0.39 is 6.10 Å². The molecule has 0 aliphatic rings. The lowest BCUT2D eigenvalue weighted by molar-refractivity contribution is 0.173. The number of hydrogen-bond acceptors (Lipinski definition) is 3. The van der Waals surface area contributed by atoms with Crippen LogP contribution >= 0.6 is 0 Å². The number of aromatic amines is 1. The molecule has 0 saturated heterocycles. The van der Waals surface area contributed by atoms with Crippen molar-refractivity contribution in [1.82, 2.24) is 10.3 Å². The van der Waals surface area contributed by atoms with Gasteiger partial charge in [-0.1, -0.05) is 24.3 Å². The van der Waals surface area contributed by atoms with Crippen molar-refractivity contribution < 1.29 is 9.84 Å². The lowest BCUT2D eigenvalue weighted by atomic mass is 10.1. The molecule has 0 saturated carbocycles. The van der Waals surface area contributed by atoms with Gasteiger partial charge in [0.05, 0.1) is 12.2 Å². The molecule has 0 radical (unpaired) electrons. The van der Waals surface area contributed by atoms with Crippen LogP contribution in [0.3, 0.4) is 0 Å². The summed E-state index contributed by atoms with van der Waals surface area (Å²) in [6.07, 6.45) is 1.51. The van der Waals surface area contributed by atoms with Crippen LogP contribution in [0, 0.1) is 0 Å². The average molecular weight is 324 g/mol. The van der Waals surface area contributed by atoms with E-state index in [0.717, 1.165) is 16.8 Å². The quantitative estimate of drug-likeness (QED) is 0.620. The topological polar surface area (TPSA) is 57.3 Å². The van der Waals surface area contributed by atoms with Gasteiger partial charge in [0.25, 0.3) is 0 Å². The highest BCUT2D eigenvalue weighted by molar-refractivity contribution is 5.82. The van der Waals surface area contributed by atoms with Gasteiger partial charge in [0, 0.05) is 30.2 Å². The average Bonchev–Trinajstić information content (AvgIpc) is 3.04. The number of aliphatic hydroxyl groups excluding tert-OH is 1. The zero-order chi connectivity index (χ0) is 16.9. The fraction of sp³-hybridized carbons (Fsp3) is 0.300. The minimum Gasteiger partial charge on any atom is -0.491 e. The summed E-state index contributed by atoms with van der Waals surface area (Å²) in [5.74, 6) is 0.790. The molecule has 3 rings (SSSR count). The van der Waals surface area contributed by atoms with Gasteiger partial charge in [-0.05, 0) is 49.2 Å². The summed E-state index contributed by atoms with van der Waals surface area (Å²) >= 11 is 0. The van der Waals surface area contributed by atoms with Crippen LogP contribution in [0.25, 0.3) is 10.9 Å². The van der Waals surface area contributed by atoms with Gasteiger partial charge in [0.15, 0.2) is 0 Å². The van der Waals surface area contributed by atoms with Crippen LogP contribution in [-0.4, -0.2) is 22.7 Å². The van der Waals surface area contributed by atoms with Gasteiger partial charge in [-0.2, -0.15) is 0 Å². The van der Waals surface area contributed by atoms with Crippen LogP contribution in [0.4, 0.5) is 0 Å². The fourth-order valence-electron chi connectivity index (χ4n) is 2.83. The van der Waals surface area contributed by atoms with Gasteiger partial charge < -0.3 is 20.1 Å². The van der Waals surface area contributed by atoms with E-state index >= 15 is 0 Å². The van der Waals surface area contributed by atoms with Gasteiger partial charge in [-0.15, -0.1) is 0 Å². The van der Waals surface area contributed by atoms with Crippen LogP contribution in [0.1, 0.15) is 31.1 Å². The molecule has 1 aromatic heterocycles. The molecule has 126 valence electrons. The minimum atomic E-state index is -0.564. The molecule has 0 bridgehead atoms. The van der Waals surface area contributed by atoms with Gasteiger partial charge in [0.2, 0.25) is 0 Å². The van der Waals surface area contributed by atoms with E-state index in [1.165, 1.54) is 10.9 Å². The Morgan fingerprint density at radius 1 is 1.12 bits per heavy atom. The second-order valence-electron chi connectivity index (χ2n) is 6.24. The Morgan fingerprint density at radius 2 is 1.96 bits per heavy atom. The van der Waals surface area contributed by atoms with E-state index in [9.17, 15) is 5.11 Å². The van der Waals surface area contributed by atoms with Crippen molar-refractivity contribution >= 4 is 10.9 Å². The van der Waals surface area contributed by atoms with Crippen LogP contribution < -0.4 is 10.1 Å². The third-order valence-corrected chi connectivity index (χ3v) is 3.95. The number of hydrogen-bond donors (Lipinski definition) is 3. The predicted molar refractivity (Wildman–Crippen MR) is 97.2 cm³/mol. The predicted octanol–water partition coefficient (Wildman–Crippen LogP) is 3.78. The molecule has 4 heteroatoms. The molecule has 1 unspecified atom stereocenters. The molecule has 0 aliphatic heterocycles. The van der Waals surface area contributed by atoms with Gasteiger partial charge in [0.1, 0.15) is 5.75 Å². The largest absolute Gasteiger partial charge is 0.491 e. The van der Waals surface area contributed by atoms with Crippen molar-refractivity contribution in [3.8, 4) is 5.75 Å². The summed E-state index contributed by atoms with van der Waals surface area (Å²) in [4.78, 5) is 3.22. The third-order valence-electron chi connectivity index (χ3n) is 3.95. The standard InChI is InChI=1S/C20H24N2O2/c1-14(2)24-17-7-3-5-15(11-17)20(23)13-21-12-16-6-4-8-19-18(16)9-10-22-19/h3-11,14,20-23H,12-13H2,1-2H3. The van der Waals surface area contributed by atoms with E-state index in [1.807, 2.05) is 50.4 Å². The zero-order valence-corrected chi connectivity index (χ0v) is 14.1. The number of ether oxygens (including phenoxy) is 1. The lowest BCUT2D eigenvalue weighted by Crippen LogP contribution is -2.21. The molecule has 3 N–H and O–H groups in total. The molecule has 0 spiro atoms. The summed E-state index contributed by atoms with van der Waals surface area (Å²) in [5.41, 5.74) is 3.21. The van der Waals surface area contributed by atoms with E-state index in [1.54, 1.807) is 0 Å². The molecular formula is C20H24N2O2. The van der Waals surface area contributed by atoms with E-state index in [4.69, 9.17) is 4.74 Å². The maximum atomic E-state index is 10.4. The van der Waals surface area contributed by atoms with Gasteiger partial charge in [-0.3, -0.25) is 0 Å². The first kappa shape index (κ1) is 16.6. The fourth-order valence-corrected chi connectivity index (χ4v) is 2.83. The third kappa shape index (κ3) is 3.96. The van der Waals surface area contributed by atoms with Crippen LogP contribution in [-0.2, 0) is 6.54 Å². The molecule has 0 fully saturated rings. The molecule has 3 aromatic rings. The molecule has 0 amide bonds.